The second-order valence-corrected chi connectivity index (χ2v) is 4.70. The Labute approximate surface area is 136 Å². The number of nitro benzene ring substituents is 1. The molecule has 22 heavy (non-hydrogen) atoms. The monoisotopic (exact) mass is 334 g/mol. The van der Waals surface area contributed by atoms with E-state index in [0.29, 0.717) is 16.3 Å². The van der Waals surface area contributed by atoms with E-state index in [1.807, 2.05) is 6.07 Å². The van der Waals surface area contributed by atoms with E-state index in [4.69, 9.17) is 39.5 Å². The number of nitrogen functional groups attached to an aromatic ring is 1. The molecular weight excluding hydrogens is 327 g/mol. The lowest BCUT2D eigenvalue weighted by Crippen LogP contribution is -1.88. The highest BCUT2D eigenvalue weighted by Crippen LogP contribution is 2.20. The zero-order valence-corrected chi connectivity index (χ0v) is 12.5. The number of nitro groups is 1. The summed E-state index contributed by atoms with van der Waals surface area (Å²) in [6.45, 7) is 0. The molecular formula is C14H8Cl2N4O2. The fourth-order valence-electron chi connectivity index (χ4n) is 1.34. The molecule has 0 atom stereocenters. The molecule has 0 aliphatic heterocycles. The summed E-state index contributed by atoms with van der Waals surface area (Å²) in [4.78, 5) is 9.66. The minimum Gasteiger partial charge on any atom is -0.399 e. The second-order valence-electron chi connectivity index (χ2n) is 3.88. The van der Waals surface area contributed by atoms with E-state index in [-0.39, 0.29) is 16.3 Å². The van der Waals surface area contributed by atoms with Crippen LogP contribution in [0.4, 0.5) is 11.4 Å². The highest BCUT2D eigenvalue weighted by molar-refractivity contribution is 6.32. The Morgan fingerprint density at radius 1 is 1.00 bits per heavy atom. The maximum absolute atomic E-state index is 10.2. The van der Waals surface area contributed by atoms with Gasteiger partial charge in [0.2, 0.25) is 0 Å². The van der Waals surface area contributed by atoms with E-state index in [2.05, 4.69) is 0 Å². The van der Waals surface area contributed by atoms with Crippen molar-refractivity contribution >= 4 is 34.6 Å². The third-order valence-electron chi connectivity index (χ3n) is 2.39. The average Bonchev–Trinajstić information content (AvgIpc) is 2.50. The van der Waals surface area contributed by atoms with E-state index < -0.39 is 4.92 Å². The molecule has 2 aromatic rings. The SMILES string of the molecule is N#Cc1cc(N)ccc1Cl.N#Cc1cc([N+](=O)[O-])ccc1Cl. The Bertz CT molecular complexity index is 794. The molecule has 0 unspecified atom stereocenters. The van der Waals surface area contributed by atoms with Crippen LogP contribution >= 0.6 is 23.2 Å². The van der Waals surface area contributed by atoms with Crippen LogP contribution in [0.5, 0.6) is 0 Å². The van der Waals surface area contributed by atoms with Crippen molar-refractivity contribution in [2.24, 2.45) is 0 Å². The molecule has 0 spiro atoms. The van der Waals surface area contributed by atoms with Crippen molar-refractivity contribution in [2.45, 2.75) is 0 Å². The summed E-state index contributed by atoms with van der Waals surface area (Å²) in [5.41, 5.74) is 6.36. The molecule has 0 saturated heterocycles. The third kappa shape index (κ3) is 4.64. The maximum Gasteiger partial charge on any atom is 0.270 e. The lowest BCUT2D eigenvalue weighted by atomic mass is 10.2. The van der Waals surface area contributed by atoms with E-state index in [9.17, 15) is 10.1 Å². The first kappa shape index (κ1) is 17.3. The van der Waals surface area contributed by atoms with E-state index in [1.54, 1.807) is 24.3 Å². The zero-order chi connectivity index (χ0) is 16.7. The first-order valence-electron chi connectivity index (χ1n) is 5.68. The smallest absolute Gasteiger partial charge is 0.270 e. The average molecular weight is 335 g/mol. The third-order valence-corrected chi connectivity index (χ3v) is 3.05. The summed E-state index contributed by atoms with van der Waals surface area (Å²) in [7, 11) is 0. The van der Waals surface area contributed by atoms with Gasteiger partial charge in [-0.1, -0.05) is 23.2 Å². The van der Waals surface area contributed by atoms with Gasteiger partial charge < -0.3 is 5.73 Å². The van der Waals surface area contributed by atoms with Gasteiger partial charge in [0.15, 0.2) is 0 Å². The van der Waals surface area contributed by atoms with Crippen LogP contribution in [0.2, 0.25) is 10.0 Å². The summed E-state index contributed by atoms with van der Waals surface area (Å²) >= 11 is 11.2. The van der Waals surface area contributed by atoms with Gasteiger partial charge in [0.1, 0.15) is 12.1 Å². The molecule has 2 aromatic carbocycles. The highest BCUT2D eigenvalue weighted by Gasteiger charge is 2.08. The molecule has 0 fully saturated rings. The number of nitrogens with two attached hydrogens (primary N) is 1. The van der Waals surface area contributed by atoms with Crippen LogP contribution in [0.15, 0.2) is 36.4 Å². The molecule has 2 rings (SSSR count). The zero-order valence-electron chi connectivity index (χ0n) is 11.0. The Morgan fingerprint density at radius 3 is 1.95 bits per heavy atom. The molecule has 8 heteroatoms. The number of hydrogen-bond acceptors (Lipinski definition) is 5. The summed E-state index contributed by atoms with van der Waals surface area (Å²) in [5, 5.41) is 27.8. The number of nitriles is 2. The Balaban J connectivity index is 0.000000224. The van der Waals surface area contributed by atoms with Gasteiger partial charge >= 0.3 is 0 Å². The van der Waals surface area contributed by atoms with Gasteiger partial charge in [-0.15, -0.1) is 0 Å². The number of anilines is 1. The normalized spacial score (nSPS) is 8.91. The van der Waals surface area contributed by atoms with Crippen LogP contribution in [0.1, 0.15) is 11.1 Å². The quantitative estimate of drug-likeness (QED) is 0.481. The molecule has 6 nitrogen and oxygen atoms in total. The van der Waals surface area contributed by atoms with Crippen LogP contribution in [0, 0.1) is 32.8 Å². The van der Waals surface area contributed by atoms with Crippen molar-refractivity contribution in [2.75, 3.05) is 5.73 Å². The van der Waals surface area contributed by atoms with Crippen LogP contribution in [0.25, 0.3) is 0 Å². The first-order valence-corrected chi connectivity index (χ1v) is 6.43. The van der Waals surface area contributed by atoms with Crippen molar-refractivity contribution in [3.63, 3.8) is 0 Å². The molecule has 0 aliphatic rings. The summed E-state index contributed by atoms with van der Waals surface area (Å²) < 4.78 is 0. The molecule has 0 bridgehead atoms. The largest absolute Gasteiger partial charge is 0.399 e. The fraction of sp³-hybridized carbons (Fsp3) is 0. The predicted octanol–water partition coefficient (Wildman–Crippen LogP) is 3.91. The van der Waals surface area contributed by atoms with Crippen molar-refractivity contribution in [1.82, 2.24) is 0 Å². The number of hydrogen-bond donors (Lipinski definition) is 1. The number of non-ortho nitro benzene ring substituents is 1. The Hall–Kier alpha value is -2.80. The van der Waals surface area contributed by atoms with Crippen LogP contribution in [0.3, 0.4) is 0 Å². The number of rotatable bonds is 1. The topological polar surface area (TPSA) is 117 Å². The van der Waals surface area contributed by atoms with Gasteiger partial charge in [0, 0.05) is 17.8 Å². The minimum absolute atomic E-state index is 0.117. The van der Waals surface area contributed by atoms with Crippen LogP contribution in [-0.2, 0) is 0 Å². The second kappa shape index (κ2) is 7.84. The van der Waals surface area contributed by atoms with Gasteiger partial charge in [-0.25, -0.2) is 0 Å². The molecule has 0 heterocycles. The summed E-state index contributed by atoms with van der Waals surface area (Å²) in [6, 6.07) is 12.2. The van der Waals surface area contributed by atoms with E-state index >= 15 is 0 Å². The molecule has 0 amide bonds. The van der Waals surface area contributed by atoms with Crippen molar-refractivity contribution in [3.05, 3.63) is 67.7 Å². The van der Waals surface area contributed by atoms with Gasteiger partial charge in [0.25, 0.3) is 5.69 Å². The fourth-order valence-corrected chi connectivity index (χ4v) is 1.66. The van der Waals surface area contributed by atoms with Gasteiger partial charge in [-0.2, -0.15) is 10.5 Å². The Kier molecular flexibility index (Phi) is 6.15. The Morgan fingerprint density at radius 2 is 1.50 bits per heavy atom. The molecule has 2 N–H and O–H groups in total. The lowest BCUT2D eigenvalue weighted by Gasteiger charge is -1.94. The van der Waals surface area contributed by atoms with Crippen LogP contribution in [-0.4, -0.2) is 4.92 Å². The van der Waals surface area contributed by atoms with Crippen LogP contribution < -0.4 is 5.73 Å². The van der Waals surface area contributed by atoms with Gasteiger partial charge in [0.05, 0.1) is 26.1 Å². The summed E-state index contributed by atoms with van der Waals surface area (Å²) in [5.74, 6) is 0. The van der Waals surface area contributed by atoms with Crippen molar-refractivity contribution < 1.29 is 4.92 Å². The lowest BCUT2D eigenvalue weighted by molar-refractivity contribution is -0.384. The minimum atomic E-state index is -0.572. The highest BCUT2D eigenvalue weighted by atomic mass is 35.5. The molecule has 110 valence electrons. The standard InChI is InChI=1S/C7H3ClN2O2.C7H5ClN2/c8-7-2-1-6(10(11)12)3-5(7)4-9;8-7-2-1-6(10)3-5(7)4-9/h1-3H;1-3H,10H2. The van der Waals surface area contributed by atoms with E-state index in [1.165, 1.54) is 12.1 Å². The molecule has 0 aliphatic carbocycles. The number of nitrogens with zero attached hydrogens (tertiary/aromatic N) is 3. The van der Waals surface area contributed by atoms with E-state index in [0.717, 1.165) is 6.07 Å². The first-order chi connectivity index (χ1) is 10.4. The molecule has 0 saturated carbocycles. The number of benzene rings is 2. The predicted molar refractivity (Wildman–Crippen MR) is 83.4 cm³/mol. The summed E-state index contributed by atoms with van der Waals surface area (Å²) in [6.07, 6.45) is 0. The maximum atomic E-state index is 10.2. The molecule has 0 radical (unpaired) electrons. The van der Waals surface area contributed by atoms with Crippen molar-refractivity contribution in [3.8, 4) is 12.1 Å². The van der Waals surface area contributed by atoms with Crippen molar-refractivity contribution in [1.29, 1.82) is 10.5 Å². The number of halogens is 2. The molecule has 0 aromatic heterocycles. The van der Waals surface area contributed by atoms with Gasteiger partial charge in [-0.3, -0.25) is 10.1 Å². The van der Waals surface area contributed by atoms with Gasteiger partial charge in [-0.05, 0) is 24.3 Å².